The zero-order chi connectivity index (χ0) is 26.8. The molecule has 0 N–H and O–H groups in total. The molecule has 0 saturated heterocycles. The van der Waals surface area contributed by atoms with Crippen molar-refractivity contribution < 1.29 is 9.59 Å². The largest absolute Gasteiger partial charge is 0.307 e. The van der Waals surface area contributed by atoms with Crippen LogP contribution in [0.25, 0.3) is 0 Å². The second-order valence-electron chi connectivity index (χ2n) is 10.8. The number of amides is 1. The summed E-state index contributed by atoms with van der Waals surface area (Å²) in [6.07, 6.45) is 19.2. The predicted octanol–water partition coefficient (Wildman–Crippen LogP) is 9.15. The Kier molecular flexibility index (Phi) is 13.8. The lowest BCUT2D eigenvalue weighted by Crippen LogP contribution is -2.31. The van der Waals surface area contributed by atoms with Crippen molar-refractivity contribution in [1.82, 2.24) is 0 Å². The van der Waals surface area contributed by atoms with E-state index in [4.69, 9.17) is 0 Å². The lowest BCUT2D eigenvalue weighted by atomic mass is 10.0. The van der Waals surface area contributed by atoms with Crippen LogP contribution >= 0.6 is 0 Å². The zero-order valence-electron chi connectivity index (χ0n) is 23.6. The molecule has 0 fully saturated rings. The van der Waals surface area contributed by atoms with Crippen LogP contribution in [0, 0.1) is 11.8 Å². The third kappa shape index (κ3) is 10.5. The van der Waals surface area contributed by atoms with Crippen LogP contribution in [-0.4, -0.2) is 11.7 Å². The average molecular weight is 514 g/mol. The highest BCUT2D eigenvalue weighted by Gasteiger charge is 2.21. The molecule has 0 spiro atoms. The van der Waals surface area contributed by atoms with Crippen molar-refractivity contribution in [3.8, 4) is 11.8 Å². The fourth-order valence-electron chi connectivity index (χ4n) is 5.24. The van der Waals surface area contributed by atoms with Gasteiger partial charge in [0.2, 0.25) is 5.91 Å². The molecule has 38 heavy (non-hydrogen) atoms. The van der Waals surface area contributed by atoms with Gasteiger partial charge in [0.05, 0.1) is 12.2 Å². The van der Waals surface area contributed by atoms with Crippen LogP contribution in [0.4, 0.5) is 5.69 Å². The maximum Gasteiger partial charge on any atom is 0.227 e. The molecular formula is C35H47NO2. The fraction of sp³-hybridized carbons (Fsp3) is 0.543. The number of ketones is 1. The van der Waals surface area contributed by atoms with Gasteiger partial charge >= 0.3 is 0 Å². The van der Waals surface area contributed by atoms with Gasteiger partial charge < -0.3 is 4.90 Å². The Bertz CT molecular complexity index is 1060. The molecular weight excluding hydrogens is 466 g/mol. The molecule has 0 unspecified atom stereocenters. The number of carbonyl (C=O) groups is 2. The van der Waals surface area contributed by atoms with Gasteiger partial charge in [-0.1, -0.05) is 126 Å². The smallest absolute Gasteiger partial charge is 0.227 e. The van der Waals surface area contributed by atoms with E-state index in [1.807, 2.05) is 53.4 Å². The Morgan fingerprint density at radius 2 is 1.16 bits per heavy atom. The Balaban J connectivity index is 1.29. The fourth-order valence-corrected chi connectivity index (χ4v) is 5.24. The summed E-state index contributed by atoms with van der Waals surface area (Å²) in [7, 11) is 0. The van der Waals surface area contributed by atoms with Crippen LogP contribution in [-0.2, 0) is 16.1 Å². The highest BCUT2D eigenvalue weighted by atomic mass is 16.2. The van der Waals surface area contributed by atoms with Crippen molar-refractivity contribution in [3.05, 3.63) is 65.2 Å². The first-order chi connectivity index (χ1) is 18.7. The Morgan fingerprint density at radius 3 is 1.84 bits per heavy atom. The van der Waals surface area contributed by atoms with E-state index in [1.54, 1.807) is 0 Å². The molecule has 0 atom stereocenters. The molecule has 1 aliphatic heterocycles. The number of anilines is 1. The zero-order valence-corrected chi connectivity index (χ0v) is 23.6. The second kappa shape index (κ2) is 17.6. The summed E-state index contributed by atoms with van der Waals surface area (Å²) in [5, 5.41) is 0. The molecule has 0 bridgehead atoms. The molecule has 3 rings (SSSR count). The summed E-state index contributed by atoms with van der Waals surface area (Å²) < 4.78 is 0. The van der Waals surface area contributed by atoms with Gasteiger partial charge in [0.25, 0.3) is 0 Å². The van der Waals surface area contributed by atoms with E-state index in [9.17, 15) is 9.59 Å². The molecule has 2 aromatic carbocycles. The summed E-state index contributed by atoms with van der Waals surface area (Å²) in [6, 6.07) is 15.9. The van der Waals surface area contributed by atoms with Crippen molar-refractivity contribution in [2.75, 3.05) is 4.90 Å². The van der Waals surface area contributed by atoms with E-state index in [-0.39, 0.29) is 5.91 Å². The minimum Gasteiger partial charge on any atom is -0.307 e. The van der Waals surface area contributed by atoms with E-state index in [1.165, 1.54) is 70.6 Å². The first kappa shape index (κ1) is 29.7. The number of fused-ring (bicyclic) bond motifs is 2. The minimum absolute atomic E-state index is 0.0599. The van der Waals surface area contributed by atoms with E-state index < -0.39 is 0 Å². The first-order valence-electron chi connectivity index (χ1n) is 15.2. The summed E-state index contributed by atoms with van der Waals surface area (Å²) in [4.78, 5) is 27.5. The predicted molar refractivity (Wildman–Crippen MR) is 159 cm³/mol. The van der Waals surface area contributed by atoms with E-state index in [2.05, 4.69) is 18.8 Å². The molecule has 0 saturated carbocycles. The molecule has 3 heteroatoms. The number of carbonyl (C=O) groups excluding carboxylic acids is 2. The third-order valence-electron chi connectivity index (χ3n) is 7.58. The molecule has 1 aliphatic rings. The van der Waals surface area contributed by atoms with Crippen molar-refractivity contribution in [2.45, 2.75) is 123 Å². The van der Waals surface area contributed by atoms with Crippen molar-refractivity contribution in [2.24, 2.45) is 0 Å². The Morgan fingerprint density at radius 1 is 0.632 bits per heavy atom. The highest BCUT2D eigenvalue weighted by molar-refractivity contribution is 5.95. The van der Waals surface area contributed by atoms with Gasteiger partial charge in [0, 0.05) is 30.4 Å². The molecule has 0 radical (unpaired) electrons. The molecule has 1 amide bonds. The van der Waals surface area contributed by atoms with E-state index >= 15 is 0 Å². The van der Waals surface area contributed by atoms with Gasteiger partial charge in [-0.05, 0) is 36.6 Å². The van der Waals surface area contributed by atoms with Gasteiger partial charge in [-0.25, -0.2) is 0 Å². The van der Waals surface area contributed by atoms with Crippen LogP contribution in [0.1, 0.15) is 133 Å². The van der Waals surface area contributed by atoms with Crippen LogP contribution in [0.5, 0.6) is 0 Å². The summed E-state index contributed by atoms with van der Waals surface area (Å²) in [5.74, 6) is 6.85. The second-order valence-corrected chi connectivity index (χ2v) is 10.8. The lowest BCUT2D eigenvalue weighted by molar-refractivity contribution is -0.120. The number of rotatable bonds is 18. The minimum atomic E-state index is 0.0599. The van der Waals surface area contributed by atoms with Crippen molar-refractivity contribution in [3.63, 3.8) is 0 Å². The van der Waals surface area contributed by atoms with Crippen molar-refractivity contribution >= 4 is 17.4 Å². The Hall–Kier alpha value is -2.86. The van der Waals surface area contributed by atoms with E-state index in [0.29, 0.717) is 38.0 Å². The van der Waals surface area contributed by atoms with Crippen LogP contribution in [0.15, 0.2) is 48.5 Å². The standard InChI is InChI=1S/C35H47NO2/c1-2-3-4-5-6-7-8-9-10-11-12-13-14-23-33(37)24-19-26-35(38)36-29-32-22-16-15-20-30(32)27-28-31-21-17-18-25-34(31)36/h15-18,20-22,25H,2-14,19,23-24,26,29H2,1H3. The number of hydrogen-bond acceptors (Lipinski definition) is 2. The molecule has 204 valence electrons. The molecule has 0 aliphatic carbocycles. The topological polar surface area (TPSA) is 37.4 Å². The van der Waals surface area contributed by atoms with Crippen molar-refractivity contribution in [1.29, 1.82) is 0 Å². The van der Waals surface area contributed by atoms with Crippen LogP contribution in [0.3, 0.4) is 0 Å². The van der Waals surface area contributed by atoms with Crippen LogP contribution < -0.4 is 4.90 Å². The average Bonchev–Trinajstić information content (AvgIpc) is 2.92. The highest BCUT2D eigenvalue weighted by Crippen LogP contribution is 2.26. The molecule has 2 aromatic rings. The summed E-state index contributed by atoms with van der Waals surface area (Å²) >= 11 is 0. The molecule has 0 aromatic heterocycles. The van der Waals surface area contributed by atoms with Gasteiger partial charge in [-0.2, -0.15) is 0 Å². The van der Waals surface area contributed by atoms with Crippen LogP contribution in [0.2, 0.25) is 0 Å². The Labute approximate surface area is 231 Å². The maximum absolute atomic E-state index is 13.3. The van der Waals surface area contributed by atoms with Gasteiger partial charge in [-0.3, -0.25) is 9.59 Å². The molecule has 3 nitrogen and oxygen atoms in total. The summed E-state index contributed by atoms with van der Waals surface area (Å²) in [6.45, 7) is 2.78. The lowest BCUT2D eigenvalue weighted by Gasteiger charge is -2.26. The normalized spacial score (nSPS) is 12.1. The first-order valence-corrected chi connectivity index (χ1v) is 15.2. The maximum atomic E-state index is 13.3. The van der Waals surface area contributed by atoms with Gasteiger partial charge in [0.15, 0.2) is 0 Å². The monoisotopic (exact) mass is 513 g/mol. The summed E-state index contributed by atoms with van der Waals surface area (Å²) in [5.41, 5.74) is 3.75. The SMILES string of the molecule is CCCCCCCCCCCCCCCC(=O)CCCC(=O)N1Cc2ccccc2C#Cc2ccccc21. The number of para-hydroxylation sites is 1. The quantitative estimate of drug-likeness (QED) is 0.147. The third-order valence-corrected chi connectivity index (χ3v) is 7.58. The molecule has 1 heterocycles. The van der Waals surface area contributed by atoms with Gasteiger partial charge in [0.1, 0.15) is 5.78 Å². The number of benzene rings is 2. The number of hydrogen-bond donors (Lipinski definition) is 0. The van der Waals surface area contributed by atoms with Gasteiger partial charge in [-0.15, -0.1) is 0 Å². The van der Waals surface area contributed by atoms with E-state index in [0.717, 1.165) is 35.2 Å². The number of unbranched alkanes of at least 4 members (excludes halogenated alkanes) is 12. The number of Topliss-reactive ketones (excluding diaryl/α,β-unsaturated/α-hetero) is 1. The number of nitrogens with zero attached hydrogens (tertiary/aromatic N) is 1.